The van der Waals surface area contributed by atoms with Gasteiger partial charge in [-0.2, -0.15) is 5.10 Å². The molecule has 0 radical (unpaired) electrons. The minimum Gasteiger partial charge on any atom is -0.497 e. The normalized spacial score (nSPS) is 10.4. The molecule has 0 saturated heterocycles. The molecule has 0 atom stereocenters. The summed E-state index contributed by atoms with van der Waals surface area (Å²) in [6, 6.07) is 9.37. The van der Waals surface area contributed by atoms with Gasteiger partial charge in [-0.15, -0.1) is 0 Å². The zero-order chi connectivity index (χ0) is 15.2. The lowest BCUT2D eigenvalue weighted by Crippen LogP contribution is -2.27. The number of aromatic amines is 1. The van der Waals surface area contributed by atoms with Crippen LogP contribution in [0.1, 0.15) is 30.3 Å². The number of nitrogens with zero attached hydrogens (tertiary/aromatic N) is 2. The van der Waals surface area contributed by atoms with E-state index < -0.39 is 0 Å². The van der Waals surface area contributed by atoms with Gasteiger partial charge >= 0.3 is 0 Å². The summed E-state index contributed by atoms with van der Waals surface area (Å²) < 4.78 is 5.13. The Labute approximate surface area is 124 Å². The van der Waals surface area contributed by atoms with Crippen LogP contribution < -0.4 is 4.74 Å². The molecule has 5 heteroatoms. The average Bonchev–Trinajstić information content (AvgIpc) is 3.01. The third-order valence-electron chi connectivity index (χ3n) is 3.39. The molecule has 1 heterocycles. The maximum atomic E-state index is 12.2. The van der Waals surface area contributed by atoms with E-state index in [9.17, 15) is 4.79 Å². The Kier molecular flexibility index (Phi) is 4.98. The van der Waals surface area contributed by atoms with Crippen molar-refractivity contribution in [2.24, 2.45) is 0 Å². The van der Waals surface area contributed by atoms with E-state index in [4.69, 9.17) is 4.74 Å². The largest absolute Gasteiger partial charge is 0.497 e. The number of nitrogens with one attached hydrogen (secondary N) is 1. The van der Waals surface area contributed by atoms with E-state index in [-0.39, 0.29) is 5.91 Å². The summed E-state index contributed by atoms with van der Waals surface area (Å²) in [6.45, 7) is 2.86. The van der Waals surface area contributed by atoms with Gasteiger partial charge in [-0.05, 0) is 36.8 Å². The number of aromatic nitrogens is 2. The highest BCUT2D eigenvalue weighted by Gasteiger charge is 2.14. The van der Waals surface area contributed by atoms with E-state index in [1.165, 1.54) is 0 Å². The molecule has 0 spiro atoms. The molecule has 1 aromatic heterocycles. The summed E-state index contributed by atoms with van der Waals surface area (Å²) in [5, 5.41) is 7.03. The number of hydrogen-bond donors (Lipinski definition) is 1. The van der Waals surface area contributed by atoms with Crippen molar-refractivity contribution in [1.29, 1.82) is 0 Å². The highest BCUT2D eigenvalue weighted by Crippen LogP contribution is 2.21. The highest BCUT2D eigenvalue weighted by molar-refractivity contribution is 5.93. The van der Waals surface area contributed by atoms with E-state index in [1.807, 2.05) is 31.3 Å². The summed E-state index contributed by atoms with van der Waals surface area (Å²) in [4.78, 5) is 13.9. The third kappa shape index (κ3) is 3.62. The Balaban J connectivity index is 2.11. The number of carbonyl (C=O) groups excluding carboxylic acids is 1. The molecule has 0 aliphatic rings. The first-order valence-corrected chi connectivity index (χ1v) is 7.11. The molecule has 0 fully saturated rings. The molecule has 0 bridgehead atoms. The van der Waals surface area contributed by atoms with Crippen molar-refractivity contribution in [2.75, 3.05) is 20.7 Å². The van der Waals surface area contributed by atoms with Crippen molar-refractivity contribution >= 4 is 5.91 Å². The second-order valence-corrected chi connectivity index (χ2v) is 4.98. The molecule has 1 amide bonds. The molecule has 1 N–H and O–H groups in total. The molecule has 2 rings (SSSR count). The van der Waals surface area contributed by atoms with Gasteiger partial charge in [-0.3, -0.25) is 9.89 Å². The number of rotatable bonds is 6. The number of methoxy groups -OCH3 is 1. The fraction of sp³-hybridized carbons (Fsp3) is 0.375. The lowest BCUT2D eigenvalue weighted by Gasteiger charge is -2.15. The van der Waals surface area contributed by atoms with Gasteiger partial charge in [0.1, 0.15) is 11.4 Å². The third-order valence-corrected chi connectivity index (χ3v) is 3.39. The van der Waals surface area contributed by atoms with Crippen molar-refractivity contribution in [3.05, 3.63) is 36.0 Å². The van der Waals surface area contributed by atoms with Crippen molar-refractivity contribution in [2.45, 2.75) is 19.8 Å². The van der Waals surface area contributed by atoms with Crippen LogP contribution in [-0.2, 0) is 0 Å². The molecule has 112 valence electrons. The topological polar surface area (TPSA) is 58.2 Å². The fourth-order valence-corrected chi connectivity index (χ4v) is 2.04. The molecule has 2 aromatic rings. The van der Waals surface area contributed by atoms with Crippen molar-refractivity contribution in [1.82, 2.24) is 15.1 Å². The predicted octanol–water partition coefficient (Wildman–Crippen LogP) is 2.96. The van der Waals surface area contributed by atoms with Crippen LogP contribution >= 0.6 is 0 Å². The Morgan fingerprint density at radius 3 is 2.67 bits per heavy atom. The standard InChI is InChI=1S/C16H21N3O2/c1-4-5-10-19(2)16(20)15-11-14(17-18-15)12-6-8-13(21-3)9-7-12/h6-9,11H,4-5,10H2,1-3H3,(H,17,18). The number of H-pyrrole nitrogens is 1. The Morgan fingerprint density at radius 2 is 2.05 bits per heavy atom. The van der Waals surface area contributed by atoms with Gasteiger partial charge in [-0.1, -0.05) is 13.3 Å². The number of carbonyl (C=O) groups is 1. The second-order valence-electron chi connectivity index (χ2n) is 4.98. The molecule has 5 nitrogen and oxygen atoms in total. The molecular formula is C16H21N3O2. The van der Waals surface area contributed by atoms with Gasteiger partial charge < -0.3 is 9.64 Å². The number of unbranched alkanes of at least 4 members (excludes halogenated alkanes) is 1. The van der Waals surface area contributed by atoms with Crippen LogP contribution in [-0.4, -0.2) is 41.7 Å². The number of ether oxygens (including phenoxy) is 1. The lowest BCUT2D eigenvalue weighted by molar-refractivity contribution is 0.0787. The zero-order valence-corrected chi connectivity index (χ0v) is 12.7. The summed E-state index contributed by atoms with van der Waals surface area (Å²) in [5.41, 5.74) is 2.21. The summed E-state index contributed by atoms with van der Waals surface area (Å²) in [6.07, 6.45) is 2.07. The first-order chi connectivity index (χ1) is 10.2. The monoisotopic (exact) mass is 287 g/mol. The lowest BCUT2D eigenvalue weighted by atomic mass is 10.1. The van der Waals surface area contributed by atoms with E-state index in [0.29, 0.717) is 5.69 Å². The summed E-state index contributed by atoms with van der Waals surface area (Å²) in [7, 11) is 3.44. The van der Waals surface area contributed by atoms with Crippen LogP contribution in [0.15, 0.2) is 30.3 Å². The van der Waals surface area contributed by atoms with Gasteiger partial charge in [0.15, 0.2) is 0 Å². The average molecular weight is 287 g/mol. The molecule has 0 aliphatic carbocycles. The first-order valence-electron chi connectivity index (χ1n) is 7.11. The zero-order valence-electron chi connectivity index (χ0n) is 12.7. The molecule has 0 saturated carbocycles. The van der Waals surface area contributed by atoms with Crippen LogP contribution in [0.4, 0.5) is 0 Å². The van der Waals surface area contributed by atoms with Gasteiger partial charge in [0.05, 0.1) is 12.8 Å². The van der Waals surface area contributed by atoms with Crippen molar-refractivity contribution in [3.8, 4) is 17.0 Å². The maximum Gasteiger partial charge on any atom is 0.271 e. The van der Waals surface area contributed by atoms with Crippen molar-refractivity contribution in [3.63, 3.8) is 0 Å². The maximum absolute atomic E-state index is 12.2. The highest BCUT2D eigenvalue weighted by atomic mass is 16.5. The molecule has 0 aliphatic heterocycles. The fourth-order valence-electron chi connectivity index (χ4n) is 2.04. The van der Waals surface area contributed by atoms with E-state index in [0.717, 1.165) is 36.4 Å². The molecule has 21 heavy (non-hydrogen) atoms. The van der Waals surface area contributed by atoms with E-state index in [2.05, 4.69) is 17.1 Å². The first kappa shape index (κ1) is 15.1. The number of hydrogen-bond acceptors (Lipinski definition) is 3. The van der Waals surface area contributed by atoms with E-state index in [1.54, 1.807) is 18.1 Å². The van der Waals surface area contributed by atoms with Crippen LogP contribution in [0.25, 0.3) is 11.3 Å². The van der Waals surface area contributed by atoms with E-state index >= 15 is 0 Å². The van der Waals surface area contributed by atoms with Gasteiger partial charge in [0.2, 0.25) is 0 Å². The second kappa shape index (κ2) is 6.92. The Bertz CT molecular complexity index is 590. The number of amides is 1. The van der Waals surface area contributed by atoms with Gasteiger partial charge in [0, 0.05) is 19.2 Å². The molecular weight excluding hydrogens is 266 g/mol. The minimum atomic E-state index is -0.0317. The van der Waals surface area contributed by atoms with Gasteiger partial charge in [0.25, 0.3) is 5.91 Å². The Morgan fingerprint density at radius 1 is 1.33 bits per heavy atom. The van der Waals surface area contributed by atoms with Crippen LogP contribution in [0, 0.1) is 0 Å². The van der Waals surface area contributed by atoms with Gasteiger partial charge in [-0.25, -0.2) is 0 Å². The van der Waals surface area contributed by atoms with Crippen LogP contribution in [0.2, 0.25) is 0 Å². The smallest absolute Gasteiger partial charge is 0.271 e. The Hall–Kier alpha value is -2.30. The summed E-state index contributed by atoms with van der Waals surface area (Å²) >= 11 is 0. The van der Waals surface area contributed by atoms with Crippen molar-refractivity contribution < 1.29 is 9.53 Å². The molecule has 1 aromatic carbocycles. The quantitative estimate of drug-likeness (QED) is 0.888. The predicted molar refractivity (Wildman–Crippen MR) is 82.4 cm³/mol. The summed E-state index contributed by atoms with van der Waals surface area (Å²) in [5.74, 6) is 0.764. The SMILES string of the molecule is CCCCN(C)C(=O)c1cc(-c2ccc(OC)cc2)n[nH]1. The molecule has 0 unspecified atom stereocenters. The van der Waals surface area contributed by atoms with Crippen LogP contribution in [0.5, 0.6) is 5.75 Å². The van der Waals surface area contributed by atoms with Crippen LogP contribution in [0.3, 0.4) is 0 Å². The minimum absolute atomic E-state index is 0.0317. The number of benzene rings is 1.